The average molecular weight is 388 g/mol. The Bertz CT molecular complexity index is 854. The van der Waals surface area contributed by atoms with Crippen molar-refractivity contribution in [3.8, 4) is 0 Å². The zero-order valence-electron chi connectivity index (χ0n) is 14.9. The molecular weight excluding hydrogens is 367 g/mol. The van der Waals surface area contributed by atoms with E-state index in [-0.39, 0.29) is 23.7 Å². The maximum Gasteiger partial charge on any atom is 0.324 e. The molecule has 3 unspecified atom stereocenters. The van der Waals surface area contributed by atoms with E-state index in [1.54, 1.807) is 23.2 Å². The SMILES string of the molecule is CC1CCN(C(=O)Nc2ncc(Cc3ccc(F)cc3)s2)C2C(=O)NCC12. The van der Waals surface area contributed by atoms with Gasteiger partial charge in [0, 0.05) is 36.5 Å². The van der Waals surface area contributed by atoms with E-state index in [0.29, 0.717) is 30.6 Å². The molecule has 1 aromatic carbocycles. The lowest BCUT2D eigenvalue weighted by atomic mass is 9.83. The molecular formula is C19H21FN4O2S. The maximum atomic E-state index is 13.0. The number of thiazole rings is 1. The Hall–Kier alpha value is -2.48. The summed E-state index contributed by atoms with van der Waals surface area (Å²) >= 11 is 1.39. The summed E-state index contributed by atoms with van der Waals surface area (Å²) in [6.45, 7) is 3.33. The number of aromatic nitrogens is 1. The smallest absolute Gasteiger partial charge is 0.324 e. The largest absolute Gasteiger partial charge is 0.354 e. The van der Waals surface area contributed by atoms with Crippen LogP contribution in [-0.4, -0.2) is 41.0 Å². The number of urea groups is 1. The van der Waals surface area contributed by atoms with E-state index >= 15 is 0 Å². The highest BCUT2D eigenvalue weighted by Crippen LogP contribution is 2.32. The molecule has 0 saturated carbocycles. The summed E-state index contributed by atoms with van der Waals surface area (Å²) in [6.07, 6.45) is 3.23. The van der Waals surface area contributed by atoms with Crippen molar-refractivity contribution in [2.45, 2.75) is 25.8 Å². The lowest BCUT2D eigenvalue weighted by Crippen LogP contribution is -2.54. The van der Waals surface area contributed by atoms with Crippen LogP contribution in [0.1, 0.15) is 23.8 Å². The summed E-state index contributed by atoms with van der Waals surface area (Å²) in [5, 5.41) is 6.21. The van der Waals surface area contributed by atoms with E-state index in [0.717, 1.165) is 16.9 Å². The normalized spacial score (nSPS) is 24.4. The number of anilines is 1. The van der Waals surface area contributed by atoms with Crippen LogP contribution in [0.3, 0.4) is 0 Å². The number of hydrogen-bond donors (Lipinski definition) is 2. The van der Waals surface area contributed by atoms with Crippen LogP contribution in [0.25, 0.3) is 0 Å². The monoisotopic (exact) mass is 388 g/mol. The molecule has 3 atom stereocenters. The van der Waals surface area contributed by atoms with Crippen molar-refractivity contribution in [2.24, 2.45) is 11.8 Å². The first kappa shape index (κ1) is 17.9. The lowest BCUT2D eigenvalue weighted by molar-refractivity contribution is -0.124. The number of rotatable bonds is 3. The number of carbonyl (C=O) groups excluding carboxylic acids is 2. The molecule has 3 amide bonds. The molecule has 27 heavy (non-hydrogen) atoms. The number of nitrogens with zero attached hydrogens (tertiary/aromatic N) is 2. The second-order valence-electron chi connectivity index (χ2n) is 7.18. The van der Waals surface area contributed by atoms with Crippen molar-refractivity contribution in [2.75, 3.05) is 18.4 Å². The standard InChI is InChI=1S/C19H21FN4O2S/c1-11-6-7-24(16-15(11)10-21-17(16)25)19(26)23-18-22-9-14(27-18)8-12-2-4-13(20)5-3-12/h2-5,9,11,15-16H,6-8,10H2,1H3,(H,21,25)(H,22,23,26). The van der Waals surface area contributed by atoms with Gasteiger partial charge in [0.2, 0.25) is 5.91 Å². The molecule has 2 aliphatic heterocycles. The fraction of sp³-hybridized carbons (Fsp3) is 0.421. The molecule has 6 nitrogen and oxygen atoms in total. The highest BCUT2D eigenvalue weighted by Gasteiger charge is 2.46. The van der Waals surface area contributed by atoms with Gasteiger partial charge in [-0.2, -0.15) is 0 Å². The van der Waals surface area contributed by atoms with Crippen molar-refractivity contribution in [3.63, 3.8) is 0 Å². The first-order valence-corrected chi connectivity index (χ1v) is 9.87. The van der Waals surface area contributed by atoms with Crippen LogP contribution in [0.15, 0.2) is 30.5 Å². The van der Waals surface area contributed by atoms with Crippen LogP contribution in [-0.2, 0) is 11.2 Å². The summed E-state index contributed by atoms with van der Waals surface area (Å²) in [7, 11) is 0. The van der Waals surface area contributed by atoms with Crippen molar-refractivity contribution in [1.29, 1.82) is 0 Å². The first-order valence-electron chi connectivity index (χ1n) is 9.06. The number of fused-ring (bicyclic) bond motifs is 1. The third-order valence-corrected chi connectivity index (χ3v) is 6.31. The predicted octanol–water partition coefficient (Wildman–Crippen LogP) is 2.86. The van der Waals surface area contributed by atoms with Crippen LogP contribution in [0.4, 0.5) is 14.3 Å². The van der Waals surface area contributed by atoms with E-state index in [4.69, 9.17) is 0 Å². The van der Waals surface area contributed by atoms with Gasteiger partial charge in [0.15, 0.2) is 5.13 Å². The first-order chi connectivity index (χ1) is 13.0. The molecule has 3 heterocycles. The molecule has 1 aromatic heterocycles. The molecule has 2 N–H and O–H groups in total. The molecule has 0 bridgehead atoms. The molecule has 4 rings (SSSR count). The Balaban J connectivity index is 1.42. The molecule has 0 aliphatic carbocycles. The predicted molar refractivity (Wildman–Crippen MR) is 101 cm³/mol. The number of carbonyl (C=O) groups is 2. The van der Waals surface area contributed by atoms with Crippen molar-refractivity contribution in [3.05, 3.63) is 46.7 Å². The minimum absolute atomic E-state index is 0.0714. The quantitative estimate of drug-likeness (QED) is 0.849. The van der Waals surface area contributed by atoms with Gasteiger partial charge in [-0.25, -0.2) is 14.2 Å². The zero-order chi connectivity index (χ0) is 19.0. The van der Waals surface area contributed by atoms with Crippen molar-refractivity contribution < 1.29 is 14.0 Å². The number of halogens is 1. The minimum Gasteiger partial charge on any atom is -0.354 e. The molecule has 2 fully saturated rings. The number of piperidine rings is 1. The summed E-state index contributed by atoms with van der Waals surface area (Å²) in [6, 6.07) is 5.66. The number of nitrogens with one attached hydrogen (secondary N) is 2. The Morgan fingerprint density at radius 2 is 2.19 bits per heavy atom. The topological polar surface area (TPSA) is 74.3 Å². The summed E-state index contributed by atoms with van der Waals surface area (Å²) in [4.78, 5) is 31.8. The minimum atomic E-state index is -0.396. The number of likely N-dealkylation sites (tertiary alicyclic amines) is 1. The Morgan fingerprint density at radius 3 is 2.96 bits per heavy atom. The summed E-state index contributed by atoms with van der Waals surface area (Å²) in [5.74, 6) is 0.251. The van der Waals surface area contributed by atoms with E-state index in [1.165, 1.54) is 23.5 Å². The molecule has 0 radical (unpaired) electrons. The van der Waals surface area contributed by atoms with Crippen LogP contribution in [0, 0.1) is 17.7 Å². The fourth-order valence-electron chi connectivity index (χ4n) is 3.85. The van der Waals surface area contributed by atoms with Gasteiger partial charge < -0.3 is 10.2 Å². The molecule has 0 spiro atoms. The zero-order valence-corrected chi connectivity index (χ0v) is 15.8. The Morgan fingerprint density at radius 1 is 1.41 bits per heavy atom. The number of benzene rings is 1. The highest BCUT2D eigenvalue weighted by atomic mass is 32.1. The molecule has 2 saturated heterocycles. The van der Waals surface area contributed by atoms with Gasteiger partial charge in [0.05, 0.1) is 0 Å². The second-order valence-corrected chi connectivity index (χ2v) is 8.29. The van der Waals surface area contributed by atoms with E-state index < -0.39 is 6.04 Å². The average Bonchev–Trinajstić information content (AvgIpc) is 3.25. The maximum absolute atomic E-state index is 13.0. The van der Waals surface area contributed by atoms with E-state index in [1.807, 2.05) is 0 Å². The van der Waals surface area contributed by atoms with Gasteiger partial charge in [-0.3, -0.25) is 10.1 Å². The van der Waals surface area contributed by atoms with Crippen molar-refractivity contribution in [1.82, 2.24) is 15.2 Å². The van der Waals surface area contributed by atoms with Gasteiger partial charge in [-0.05, 0) is 30.0 Å². The second kappa shape index (κ2) is 7.26. The van der Waals surface area contributed by atoms with Crippen LogP contribution >= 0.6 is 11.3 Å². The highest BCUT2D eigenvalue weighted by molar-refractivity contribution is 7.15. The van der Waals surface area contributed by atoms with Gasteiger partial charge in [0.25, 0.3) is 0 Å². The molecule has 8 heteroatoms. The van der Waals surface area contributed by atoms with Crippen LogP contribution in [0.2, 0.25) is 0 Å². The fourth-order valence-corrected chi connectivity index (χ4v) is 4.69. The van der Waals surface area contributed by atoms with Crippen LogP contribution < -0.4 is 10.6 Å². The summed E-state index contributed by atoms with van der Waals surface area (Å²) in [5.41, 5.74) is 0.980. The third-order valence-electron chi connectivity index (χ3n) is 5.40. The number of hydrogen-bond acceptors (Lipinski definition) is 4. The third kappa shape index (κ3) is 3.66. The molecule has 142 valence electrons. The summed E-state index contributed by atoms with van der Waals surface area (Å²) < 4.78 is 13.0. The molecule has 2 aliphatic rings. The van der Waals surface area contributed by atoms with Gasteiger partial charge in [0.1, 0.15) is 11.9 Å². The molecule has 2 aromatic rings. The van der Waals surface area contributed by atoms with E-state index in [2.05, 4.69) is 22.5 Å². The number of amides is 3. The van der Waals surface area contributed by atoms with Crippen molar-refractivity contribution >= 4 is 28.4 Å². The Labute approximate surface area is 160 Å². The van der Waals surface area contributed by atoms with Gasteiger partial charge in [-0.1, -0.05) is 19.1 Å². The van der Waals surface area contributed by atoms with E-state index in [9.17, 15) is 14.0 Å². The lowest BCUT2D eigenvalue weighted by Gasteiger charge is -2.38. The Kier molecular flexibility index (Phi) is 4.82. The van der Waals surface area contributed by atoms with Gasteiger partial charge >= 0.3 is 6.03 Å². The van der Waals surface area contributed by atoms with Crippen LogP contribution in [0.5, 0.6) is 0 Å². The van der Waals surface area contributed by atoms with Gasteiger partial charge in [-0.15, -0.1) is 11.3 Å².